The van der Waals surface area contributed by atoms with E-state index in [1.165, 1.54) is 12.1 Å². The van der Waals surface area contributed by atoms with Crippen LogP contribution >= 0.6 is 11.6 Å². The predicted octanol–water partition coefficient (Wildman–Crippen LogP) is 2.56. The zero-order valence-corrected chi connectivity index (χ0v) is 23.1. The molecular weight excluding hydrogens is 589 g/mol. The Labute approximate surface area is 238 Å². The number of aliphatic hydroxyl groups is 3. The van der Waals surface area contributed by atoms with Crippen LogP contribution in [0.5, 0.6) is 0 Å². The van der Waals surface area contributed by atoms with Crippen molar-refractivity contribution in [2.45, 2.75) is 53.5 Å². The maximum Gasteiger partial charge on any atom is 0.255 e. The Hall–Kier alpha value is -2.71. The van der Waals surface area contributed by atoms with E-state index in [4.69, 9.17) is 11.6 Å². The molecule has 5 rings (SSSR count). The maximum absolute atomic E-state index is 13.7. The zero-order valence-electron chi connectivity index (χ0n) is 21.5. The first-order valence-corrected chi connectivity index (χ1v) is 14.9. The van der Waals surface area contributed by atoms with Crippen LogP contribution in [0.4, 0.5) is 18.9 Å². The molecule has 0 radical (unpaired) electrons. The molecule has 6 atom stereocenters. The second-order valence-electron chi connectivity index (χ2n) is 11.2. The number of hydrogen-bond acceptors (Lipinski definition) is 7. The van der Waals surface area contributed by atoms with Crippen LogP contribution in [-0.4, -0.2) is 65.2 Å². The van der Waals surface area contributed by atoms with Gasteiger partial charge in [-0.15, -0.1) is 0 Å². The second kappa shape index (κ2) is 10.5. The average molecular weight is 617 g/mol. The molecule has 222 valence electrons. The lowest BCUT2D eigenvalue weighted by Crippen LogP contribution is -2.55. The first-order chi connectivity index (χ1) is 19.2. The van der Waals surface area contributed by atoms with E-state index < -0.39 is 79.9 Å². The fourth-order valence-electron chi connectivity index (χ4n) is 6.18. The first kappa shape index (κ1) is 29.8. The Bertz CT molecular complexity index is 1490. The number of hydrogen-bond donors (Lipinski definition) is 5. The third-order valence-corrected chi connectivity index (χ3v) is 11.4. The predicted molar refractivity (Wildman–Crippen MR) is 140 cm³/mol. The number of amides is 2. The van der Waals surface area contributed by atoms with Gasteiger partial charge in [0.15, 0.2) is 27.3 Å². The maximum atomic E-state index is 13.7. The average Bonchev–Trinajstić information content (AvgIpc) is 3.60. The third-order valence-electron chi connectivity index (χ3n) is 8.73. The number of anilines is 1. The number of carbonyl (C=O) groups excluding carboxylic acids is 2. The minimum atomic E-state index is -4.11. The van der Waals surface area contributed by atoms with Gasteiger partial charge in [0.2, 0.25) is 5.91 Å². The summed E-state index contributed by atoms with van der Waals surface area (Å²) >= 11 is 6.24. The molecule has 5 N–H and O–H groups in total. The van der Waals surface area contributed by atoms with Crippen LogP contribution in [-0.2, 0) is 14.6 Å². The highest BCUT2D eigenvalue weighted by atomic mass is 35.5. The molecule has 2 bridgehead atoms. The Morgan fingerprint density at radius 2 is 1.63 bits per heavy atom. The van der Waals surface area contributed by atoms with E-state index in [9.17, 15) is 46.5 Å². The minimum Gasteiger partial charge on any atom is -0.393 e. The van der Waals surface area contributed by atoms with E-state index in [1.807, 2.05) is 0 Å². The van der Waals surface area contributed by atoms with E-state index in [0.29, 0.717) is 25.0 Å². The number of benzene rings is 2. The number of rotatable bonds is 8. The van der Waals surface area contributed by atoms with Gasteiger partial charge in [-0.2, -0.15) is 0 Å². The van der Waals surface area contributed by atoms with Crippen LogP contribution in [0.2, 0.25) is 5.02 Å². The van der Waals surface area contributed by atoms with Crippen molar-refractivity contribution in [1.82, 2.24) is 5.32 Å². The third kappa shape index (κ3) is 5.34. The van der Waals surface area contributed by atoms with E-state index in [0.717, 1.165) is 6.07 Å². The van der Waals surface area contributed by atoms with Crippen LogP contribution in [0, 0.1) is 35.2 Å². The van der Waals surface area contributed by atoms with Crippen molar-refractivity contribution < 1.29 is 46.5 Å². The molecule has 3 aliphatic carbocycles. The van der Waals surface area contributed by atoms with E-state index in [2.05, 4.69) is 10.6 Å². The van der Waals surface area contributed by atoms with E-state index in [-0.39, 0.29) is 47.0 Å². The minimum absolute atomic E-state index is 0.0795. The molecule has 2 amide bonds. The highest BCUT2D eigenvalue weighted by Crippen LogP contribution is 2.52. The van der Waals surface area contributed by atoms with Crippen molar-refractivity contribution in [2.75, 3.05) is 18.5 Å². The van der Waals surface area contributed by atoms with Crippen LogP contribution < -0.4 is 10.6 Å². The SMILES string of the molecule is O=C(Nc1cc(F)c(F)c(F)c1)c1ccc(Cl)c(S(=O)(=O)C2CC3CC[C@@H](C2)C3(O)CNC(=O)C2CC2(O)CO)c1. The largest absolute Gasteiger partial charge is 0.393 e. The van der Waals surface area contributed by atoms with Gasteiger partial charge in [-0.3, -0.25) is 9.59 Å². The summed E-state index contributed by atoms with van der Waals surface area (Å²) in [5.74, 6) is -7.78. The molecule has 9 nitrogen and oxygen atoms in total. The summed E-state index contributed by atoms with van der Waals surface area (Å²) in [6.45, 7) is -0.665. The van der Waals surface area contributed by atoms with Gasteiger partial charge in [0.05, 0.1) is 33.3 Å². The van der Waals surface area contributed by atoms with E-state index >= 15 is 0 Å². The molecule has 3 aliphatic rings. The molecule has 3 fully saturated rings. The lowest BCUT2D eigenvalue weighted by molar-refractivity contribution is -0.127. The van der Waals surface area contributed by atoms with Gasteiger partial charge in [0, 0.05) is 29.9 Å². The van der Waals surface area contributed by atoms with Gasteiger partial charge in [-0.05, 0) is 62.1 Å². The molecule has 0 saturated heterocycles. The standard InChI is InChI=1S/C27H28ClF3N2O7S/c28-19-4-1-13(24(35)33-16-8-20(29)23(31)21(30)9-16)5-22(19)41(39,40)17-6-14-2-3-15(7-17)27(14,38)11-32-25(36)18-10-26(18,37)12-34/h1,4-5,8-9,14-15,17-18,34,37-38H,2-3,6-7,10-12H2,(H,32,36)(H,33,35)/t14-,15?,17?,18?,26?,27?/m0/s1. The van der Waals surface area contributed by atoms with Crippen molar-refractivity contribution in [1.29, 1.82) is 0 Å². The van der Waals surface area contributed by atoms with Gasteiger partial charge in [-0.1, -0.05) is 11.6 Å². The molecule has 41 heavy (non-hydrogen) atoms. The van der Waals surface area contributed by atoms with E-state index in [1.54, 1.807) is 0 Å². The molecular formula is C27H28ClF3N2O7S. The fourth-order valence-corrected chi connectivity index (χ4v) is 8.59. The fraction of sp³-hybridized carbons (Fsp3) is 0.481. The molecule has 0 spiro atoms. The molecule has 0 heterocycles. The summed E-state index contributed by atoms with van der Waals surface area (Å²) in [4.78, 5) is 24.8. The molecule has 3 saturated carbocycles. The summed E-state index contributed by atoms with van der Waals surface area (Å²) < 4.78 is 67.7. The smallest absolute Gasteiger partial charge is 0.255 e. The molecule has 0 aromatic heterocycles. The highest BCUT2D eigenvalue weighted by molar-refractivity contribution is 7.92. The number of carbonyl (C=O) groups is 2. The number of sulfone groups is 1. The number of aliphatic hydroxyl groups excluding tert-OH is 1. The lowest BCUT2D eigenvalue weighted by atomic mass is 9.74. The van der Waals surface area contributed by atoms with Crippen molar-refractivity contribution >= 4 is 38.9 Å². The molecule has 14 heteroatoms. The lowest BCUT2D eigenvalue weighted by Gasteiger charge is -2.42. The van der Waals surface area contributed by atoms with Crippen molar-refractivity contribution in [3.05, 3.63) is 58.4 Å². The normalized spacial score (nSPS) is 30.6. The van der Waals surface area contributed by atoms with Gasteiger partial charge in [0.1, 0.15) is 5.60 Å². The van der Waals surface area contributed by atoms with Gasteiger partial charge in [-0.25, -0.2) is 21.6 Å². The number of nitrogens with one attached hydrogen (secondary N) is 2. The van der Waals surface area contributed by atoms with Crippen LogP contribution in [0.1, 0.15) is 42.5 Å². The summed E-state index contributed by atoms with van der Waals surface area (Å²) in [5.41, 5.74) is -3.34. The summed E-state index contributed by atoms with van der Waals surface area (Å²) in [6, 6.07) is 4.68. The molecule has 5 unspecified atom stereocenters. The van der Waals surface area contributed by atoms with Crippen LogP contribution in [0.25, 0.3) is 0 Å². The number of fused-ring (bicyclic) bond motifs is 2. The van der Waals surface area contributed by atoms with Crippen LogP contribution in [0.15, 0.2) is 35.2 Å². The van der Waals surface area contributed by atoms with Crippen molar-refractivity contribution in [3.63, 3.8) is 0 Å². The van der Waals surface area contributed by atoms with Crippen molar-refractivity contribution in [3.8, 4) is 0 Å². The molecule has 0 aliphatic heterocycles. The summed E-state index contributed by atoms with van der Waals surface area (Å²) in [6.07, 6.45) is 1.35. The first-order valence-electron chi connectivity index (χ1n) is 13.0. The van der Waals surface area contributed by atoms with Crippen molar-refractivity contribution in [2.24, 2.45) is 17.8 Å². The second-order valence-corrected chi connectivity index (χ2v) is 13.8. The van der Waals surface area contributed by atoms with Crippen LogP contribution in [0.3, 0.4) is 0 Å². The molecule has 2 aromatic rings. The van der Waals surface area contributed by atoms with Gasteiger partial charge >= 0.3 is 0 Å². The zero-order chi connectivity index (χ0) is 29.9. The summed E-state index contributed by atoms with van der Waals surface area (Å²) in [7, 11) is -4.11. The van der Waals surface area contributed by atoms with Gasteiger partial charge in [0.25, 0.3) is 5.91 Å². The monoisotopic (exact) mass is 616 g/mol. The molecule has 2 aromatic carbocycles. The Morgan fingerprint density at radius 3 is 2.20 bits per heavy atom. The Kier molecular flexibility index (Phi) is 7.65. The summed E-state index contributed by atoms with van der Waals surface area (Å²) in [5, 5.41) is 34.4. The van der Waals surface area contributed by atoms with Gasteiger partial charge < -0.3 is 26.0 Å². The Morgan fingerprint density at radius 1 is 1.02 bits per heavy atom. The quantitative estimate of drug-likeness (QED) is 0.286. The Balaban J connectivity index is 1.30. The highest BCUT2D eigenvalue weighted by Gasteiger charge is 2.59. The number of halogens is 4. The topological polar surface area (TPSA) is 153 Å².